The molecule has 42 heavy (non-hydrogen) atoms. The second-order valence-corrected chi connectivity index (χ2v) is 12.5. The predicted octanol–water partition coefficient (Wildman–Crippen LogP) is 4.68. The van der Waals surface area contributed by atoms with Crippen molar-refractivity contribution in [2.75, 3.05) is 12.4 Å². The topological polar surface area (TPSA) is 90.8 Å². The number of aliphatic carboxylic acids is 1. The minimum absolute atomic E-state index is 0. The number of anilines is 1. The monoisotopic (exact) mass is 674 g/mol. The van der Waals surface area contributed by atoms with E-state index < -0.39 is 19.9 Å². The third-order valence-corrected chi connectivity index (χ3v) is 8.51. The molecule has 0 saturated heterocycles. The first-order valence-electron chi connectivity index (χ1n) is 13.2. The van der Waals surface area contributed by atoms with Gasteiger partial charge in [0.1, 0.15) is 11.8 Å². The second-order valence-electron chi connectivity index (χ2n) is 10.3. The van der Waals surface area contributed by atoms with Crippen molar-refractivity contribution in [2.45, 2.75) is 33.7 Å². The van der Waals surface area contributed by atoms with E-state index >= 15 is 0 Å². The van der Waals surface area contributed by atoms with Crippen LogP contribution in [0.4, 0.5) is 5.69 Å². The second kappa shape index (κ2) is 16.8. The van der Waals surface area contributed by atoms with Gasteiger partial charge >= 0.3 is 22.4 Å². The van der Waals surface area contributed by atoms with E-state index in [2.05, 4.69) is 72.0 Å². The van der Waals surface area contributed by atoms with Crippen LogP contribution in [0.1, 0.15) is 33.3 Å². The van der Waals surface area contributed by atoms with Gasteiger partial charge in [0, 0.05) is 23.4 Å². The molecular weight excluding hydrogens is 639 g/mol. The zero-order valence-electron chi connectivity index (χ0n) is 24.4. The molecule has 0 radical (unpaired) electrons. The number of amides is 1. The minimum Gasteiger partial charge on any atom is -0.550 e. The normalized spacial score (nSPS) is 11.6. The van der Waals surface area contributed by atoms with Crippen LogP contribution >= 0.6 is 7.92 Å². The summed E-state index contributed by atoms with van der Waals surface area (Å²) in [5, 5.41) is 15.7. The summed E-state index contributed by atoms with van der Waals surface area (Å²) in [5.41, 5.74) is 1.37. The summed E-state index contributed by atoms with van der Waals surface area (Å²) in [4.78, 5) is 27.1. The molecule has 0 bridgehead atoms. The summed E-state index contributed by atoms with van der Waals surface area (Å²) in [6, 6.07) is 36.3. The van der Waals surface area contributed by atoms with Crippen molar-refractivity contribution < 1.29 is 41.8 Å². The number of carbonyl (C=O) groups excluding carboxylic acids is 2. The van der Waals surface area contributed by atoms with Gasteiger partial charge < -0.3 is 20.0 Å². The minimum atomic E-state index is -1.08. The average Bonchev–Trinajstić information content (AvgIpc) is 2.95. The van der Waals surface area contributed by atoms with Gasteiger partial charge in [0.2, 0.25) is 5.91 Å². The van der Waals surface area contributed by atoms with E-state index in [0.717, 1.165) is 18.2 Å². The third-order valence-electron chi connectivity index (χ3n) is 6.00. The van der Waals surface area contributed by atoms with Crippen molar-refractivity contribution in [1.29, 1.82) is 0 Å². The Morgan fingerprint density at radius 2 is 1.31 bits per heavy atom. The molecule has 0 saturated carbocycles. The molecule has 4 aromatic carbocycles. The van der Waals surface area contributed by atoms with Crippen LogP contribution in [0, 0.1) is 5.41 Å². The summed E-state index contributed by atoms with van der Waals surface area (Å²) in [6.45, 7) is 7.08. The molecule has 0 heterocycles. The Hall–Kier alpha value is -3.54. The van der Waals surface area contributed by atoms with Crippen LogP contribution in [0.2, 0.25) is 0 Å². The molecule has 0 aliphatic carbocycles. The first kappa shape index (κ1) is 34.7. The Morgan fingerprint density at radius 3 is 1.79 bits per heavy atom. The van der Waals surface area contributed by atoms with E-state index in [1.165, 1.54) is 15.9 Å². The van der Waals surface area contributed by atoms with Crippen LogP contribution in [0.25, 0.3) is 0 Å². The van der Waals surface area contributed by atoms with Crippen molar-refractivity contribution in [2.24, 2.45) is 10.4 Å². The number of nitrogens with one attached hydrogen (secondary N) is 1. The SMILES string of the molecule is CC(=O)[O-].COc1ccc(NC(=O)C(N=Cc2ccccc2P(c2ccccc2)c2ccccc2)C(C)(C)C)cc1.[Ag+]. The van der Waals surface area contributed by atoms with E-state index in [1.54, 1.807) is 7.11 Å². The molecule has 0 aliphatic rings. The van der Waals surface area contributed by atoms with Crippen LogP contribution < -0.4 is 31.1 Å². The molecule has 8 heteroatoms. The van der Waals surface area contributed by atoms with Gasteiger partial charge in [0.15, 0.2) is 0 Å². The Kier molecular flexibility index (Phi) is 13.9. The number of methoxy groups -OCH3 is 1. The van der Waals surface area contributed by atoms with Crippen LogP contribution in [-0.2, 0) is 32.0 Å². The summed E-state index contributed by atoms with van der Waals surface area (Å²) in [7, 11) is 0.833. The molecule has 1 atom stereocenters. The molecule has 0 aliphatic heterocycles. The summed E-state index contributed by atoms with van der Waals surface area (Å²) in [5.74, 6) is -0.479. The number of carboxylic acids is 1. The summed E-state index contributed by atoms with van der Waals surface area (Å²) in [6.07, 6.45) is 1.88. The Labute approximate surface area is 265 Å². The van der Waals surface area contributed by atoms with Crippen molar-refractivity contribution in [3.05, 3.63) is 115 Å². The largest absolute Gasteiger partial charge is 1.00 e. The maximum atomic E-state index is 13.3. The molecule has 0 fully saturated rings. The van der Waals surface area contributed by atoms with Crippen molar-refractivity contribution in [1.82, 2.24) is 0 Å². The van der Waals surface area contributed by atoms with E-state index in [9.17, 15) is 4.79 Å². The molecule has 1 N–H and O–H groups in total. The summed E-state index contributed by atoms with van der Waals surface area (Å²) < 4.78 is 5.22. The van der Waals surface area contributed by atoms with Crippen LogP contribution in [0.3, 0.4) is 0 Å². The Morgan fingerprint density at radius 1 is 0.833 bits per heavy atom. The van der Waals surface area contributed by atoms with Crippen molar-refractivity contribution in [3.8, 4) is 5.75 Å². The van der Waals surface area contributed by atoms with Gasteiger partial charge in [-0.25, -0.2) is 0 Å². The van der Waals surface area contributed by atoms with Crippen LogP contribution in [-0.4, -0.2) is 31.2 Å². The number of hydrogen-bond donors (Lipinski definition) is 1. The van der Waals surface area contributed by atoms with Crippen LogP contribution in [0.15, 0.2) is 114 Å². The fourth-order valence-electron chi connectivity index (χ4n) is 4.11. The molecule has 0 spiro atoms. The molecule has 1 unspecified atom stereocenters. The third kappa shape index (κ3) is 10.4. The number of rotatable bonds is 8. The van der Waals surface area contributed by atoms with Gasteiger partial charge in [-0.15, -0.1) is 0 Å². The zero-order chi connectivity index (χ0) is 29.8. The number of nitrogens with zero attached hydrogens (tertiary/aromatic N) is 1. The predicted molar refractivity (Wildman–Crippen MR) is 168 cm³/mol. The molecule has 0 aromatic heterocycles. The number of benzene rings is 4. The van der Waals surface area contributed by atoms with Gasteiger partial charge in [-0.05, 0) is 60.4 Å². The van der Waals surface area contributed by atoms with Gasteiger partial charge in [-0.3, -0.25) is 9.79 Å². The van der Waals surface area contributed by atoms with Gasteiger partial charge in [0.05, 0.1) is 7.11 Å². The quantitative estimate of drug-likeness (QED) is 0.167. The maximum absolute atomic E-state index is 13.3. The molecular formula is C34H36AgN2O4P. The van der Waals surface area contributed by atoms with Crippen LogP contribution in [0.5, 0.6) is 5.75 Å². The molecule has 6 nitrogen and oxygen atoms in total. The Bertz CT molecular complexity index is 1400. The fourth-order valence-corrected chi connectivity index (χ4v) is 6.53. The van der Waals surface area contributed by atoms with E-state index in [1.807, 2.05) is 69.5 Å². The molecule has 1 amide bonds. The van der Waals surface area contributed by atoms with Crippen molar-refractivity contribution >= 4 is 47.6 Å². The summed E-state index contributed by atoms with van der Waals surface area (Å²) >= 11 is 0. The fraction of sp³-hybridized carbons (Fsp3) is 0.206. The molecule has 4 aromatic rings. The molecule has 222 valence electrons. The van der Waals surface area contributed by atoms with Gasteiger partial charge in [0.25, 0.3) is 0 Å². The average molecular weight is 676 g/mol. The van der Waals surface area contributed by atoms with E-state index in [4.69, 9.17) is 19.6 Å². The maximum Gasteiger partial charge on any atom is 1.00 e. The number of hydrogen-bond acceptors (Lipinski definition) is 5. The first-order valence-corrected chi connectivity index (χ1v) is 14.6. The van der Waals surface area contributed by atoms with E-state index in [0.29, 0.717) is 5.69 Å². The number of carbonyl (C=O) groups is 2. The number of carboxylic acid groups (broad SMARTS) is 1. The van der Waals surface area contributed by atoms with E-state index in [-0.39, 0.29) is 33.7 Å². The van der Waals surface area contributed by atoms with Gasteiger partial charge in [-0.2, -0.15) is 0 Å². The number of aliphatic imine (C=N–C) groups is 1. The first-order chi connectivity index (χ1) is 19.6. The zero-order valence-corrected chi connectivity index (χ0v) is 26.8. The van der Waals surface area contributed by atoms with Crippen molar-refractivity contribution in [3.63, 3.8) is 0 Å². The molecule has 4 rings (SSSR count). The standard InChI is InChI=1S/C32H33N2O2P.C2H4O2.Ag/c1-32(2,3)30(31(35)34-25-19-21-26(36-4)22-20-25)33-23-24-13-11-12-18-29(24)37(27-14-7-5-8-15-27)28-16-9-6-10-17-28;1-2(3)4;/h5-23,30H,1-4H3,(H,34,35);1H3,(H,3,4);/q;;+1/p-1. The van der Waals surface area contributed by atoms with Gasteiger partial charge in [-0.1, -0.05) is 106 Å². The number of ether oxygens (including phenoxy) is 1. The Balaban J connectivity index is 0.00000116. The smallest absolute Gasteiger partial charge is 0.550 e.